The van der Waals surface area contributed by atoms with Gasteiger partial charge in [-0.1, -0.05) is 69.3 Å². The van der Waals surface area contributed by atoms with E-state index >= 15 is 0 Å². The molecular weight excluding hydrogens is 514 g/mol. The summed E-state index contributed by atoms with van der Waals surface area (Å²) < 4.78 is 56.2. The fourth-order valence-electron chi connectivity index (χ4n) is 4.43. The van der Waals surface area contributed by atoms with Gasteiger partial charge in [0.25, 0.3) is 0 Å². The zero-order chi connectivity index (χ0) is 28.0. The van der Waals surface area contributed by atoms with E-state index in [0.29, 0.717) is 5.56 Å². The number of primary amides is 1. The van der Waals surface area contributed by atoms with E-state index in [0.717, 1.165) is 4.31 Å². The first-order valence-electron chi connectivity index (χ1n) is 12.1. The molecule has 0 saturated carbocycles. The third kappa shape index (κ3) is 7.61. The molecule has 0 aliphatic heterocycles. The Morgan fingerprint density at radius 3 is 1.92 bits per heavy atom. The summed E-state index contributed by atoms with van der Waals surface area (Å²) in [4.78, 5) is 12.4. The average molecular weight is 554 g/mol. The van der Waals surface area contributed by atoms with Crippen molar-refractivity contribution < 1.29 is 26.7 Å². The minimum absolute atomic E-state index is 0.0356. The number of benzene rings is 2. The summed E-state index contributed by atoms with van der Waals surface area (Å²) in [5.41, 5.74) is 4.18. The molecule has 0 spiro atoms. The highest BCUT2D eigenvalue weighted by molar-refractivity contribution is 7.90. The van der Waals surface area contributed by atoms with Crippen LogP contribution < -0.4 is 5.73 Å². The van der Waals surface area contributed by atoms with Crippen molar-refractivity contribution in [2.75, 3.05) is 27.2 Å². The van der Waals surface area contributed by atoms with Crippen LogP contribution in [0.1, 0.15) is 32.8 Å². The van der Waals surface area contributed by atoms with Gasteiger partial charge in [0.15, 0.2) is 0 Å². The standard InChI is InChI=1S/C26H39N3O6S2/c1-20(2)19-29(36(32,33)23-14-10-7-11-15-23)17-16-26(31,18-22-12-8-6-9-13-22)24(21(3)25(27)30)37(34,35)28(4)5/h6-15,20-21,24,31H,16-19H2,1-5H3,(H2,27,30)/t21?,24?,26-/m0/s1. The van der Waals surface area contributed by atoms with Crippen LogP contribution in [0, 0.1) is 11.8 Å². The third-order valence-electron chi connectivity index (χ3n) is 6.36. The third-order valence-corrected chi connectivity index (χ3v) is 10.7. The first-order valence-corrected chi connectivity index (χ1v) is 15.1. The van der Waals surface area contributed by atoms with Crippen molar-refractivity contribution in [2.24, 2.45) is 17.6 Å². The van der Waals surface area contributed by atoms with Crippen molar-refractivity contribution in [1.82, 2.24) is 8.61 Å². The predicted molar refractivity (Wildman–Crippen MR) is 145 cm³/mol. The van der Waals surface area contributed by atoms with Crippen molar-refractivity contribution >= 4 is 26.0 Å². The van der Waals surface area contributed by atoms with E-state index in [9.17, 15) is 26.7 Å². The second kappa shape index (κ2) is 12.5. The number of nitrogens with zero attached hydrogens (tertiary/aromatic N) is 2. The molecule has 206 valence electrons. The fraction of sp³-hybridized carbons (Fsp3) is 0.500. The van der Waals surface area contributed by atoms with Crippen LogP contribution >= 0.6 is 0 Å². The van der Waals surface area contributed by atoms with E-state index in [1.165, 1.54) is 37.5 Å². The van der Waals surface area contributed by atoms with Crippen LogP contribution in [0.25, 0.3) is 0 Å². The summed E-state index contributed by atoms with van der Waals surface area (Å²) in [5, 5.41) is 10.5. The number of hydrogen-bond donors (Lipinski definition) is 2. The largest absolute Gasteiger partial charge is 0.388 e. The Morgan fingerprint density at radius 1 is 0.946 bits per heavy atom. The van der Waals surface area contributed by atoms with Gasteiger partial charge in [-0.3, -0.25) is 4.79 Å². The van der Waals surface area contributed by atoms with Crippen molar-refractivity contribution in [3.05, 3.63) is 66.2 Å². The van der Waals surface area contributed by atoms with Crippen LogP contribution in [0.2, 0.25) is 0 Å². The number of sulfonamides is 2. The molecule has 0 saturated heterocycles. The molecule has 9 nitrogen and oxygen atoms in total. The molecule has 2 unspecified atom stereocenters. The van der Waals surface area contributed by atoms with Gasteiger partial charge in [0.2, 0.25) is 26.0 Å². The van der Waals surface area contributed by atoms with E-state index in [2.05, 4.69) is 0 Å². The number of hydrogen-bond acceptors (Lipinski definition) is 6. The predicted octanol–water partition coefficient (Wildman–Crippen LogP) is 2.08. The van der Waals surface area contributed by atoms with Gasteiger partial charge in [-0.25, -0.2) is 21.1 Å². The Hall–Kier alpha value is -2.31. The summed E-state index contributed by atoms with van der Waals surface area (Å²) in [6, 6.07) is 16.7. The molecule has 11 heteroatoms. The Morgan fingerprint density at radius 2 is 1.46 bits per heavy atom. The lowest BCUT2D eigenvalue weighted by Crippen LogP contribution is -2.58. The van der Waals surface area contributed by atoms with Gasteiger partial charge in [-0.15, -0.1) is 0 Å². The maximum Gasteiger partial charge on any atom is 0.243 e. The van der Waals surface area contributed by atoms with E-state index in [1.54, 1.807) is 48.5 Å². The normalized spacial score (nSPS) is 16.0. The van der Waals surface area contributed by atoms with Gasteiger partial charge in [0.1, 0.15) is 5.25 Å². The first kappa shape index (κ1) is 30.9. The number of nitrogens with two attached hydrogens (primary N) is 1. The van der Waals surface area contributed by atoms with Crippen molar-refractivity contribution in [3.8, 4) is 0 Å². The van der Waals surface area contributed by atoms with Crippen LogP contribution in [0.15, 0.2) is 65.6 Å². The number of carbonyl (C=O) groups is 1. The van der Waals surface area contributed by atoms with Gasteiger partial charge < -0.3 is 10.8 Å². The average Bonchev–Trinajstić information content (AvgIpc) is 2.82. The van der Waals surface area contributed by atoms with E-state index in [-0.39, 0.29) is 36.7 Å². The Kier molecular flexibility index (Phi) is 10.4. The fourth-order valence-corrected chi connectivity index (χ4v) is 7.92. The Bertz CT molecular complexity index is 1240. The van der Waals surface area contributed by atoms with Gasteiger partial charge >= 0.3 is 0 Å². The summed E-state index contributed by atoms with van der Waals surface area (Å²) >= 11 is 0. The van der Waals surface area contributed by atoms with E-state index in [1.807, 2.05) is 13.8 Å². The monoisotopic (exact) mass is 553 g/mol. The van der Waals surface area contributed by atoms with Crippen molar-refractivity contribution in [2.45, 2.75) is 49.4 Å². The molecule has 0 heterocycles. The van der Waals surface area contributed by atoms with Crippen LogP contribution in [0.3, 0.4) is 0 Å². The van der Waals surface area contributed by atoms with Gasteiger partial charge in [0, 0.05) is 33.6 Å². The van der Waals surface area contributed by atoms with E-state index < -0.39 is 42.7 Å². The molecule has 0 fully saturated rings. The van der Waals surface area contributed by atoms with Crippen LogP contribution in [-0.2, 0) is 31.3 Å². The highest BCUT2D eigenvalue weighted by Crippen LogP contribution is 2.34. The number of rotatable bonds is 14. The molecule has 0 aromatic heterocycles. The molecule has 1 amide bonds. The van der Waals surface area contributed by atoms with Gasteiger partial charge in [-0.05, 0) is 30.0 Å². The smallest absolute Gasteiger partial charge is 0.243 e. The summed E-state index contributed by atoms with van der Waals surface area (Å²) in [7, 11) is -5.49. The number of carbonyl (C=O) groups excluding carboxylic acids is 1. The number of aliphatic hydroxyl groups is 1. The minimum Gasteiger partial charge on any atom is -0.388 e. The lowest BCUT2D eigenvalue weighted by molar-refractivity contribution is -0.123. The molecular formula is C26H39N3O6S2. The molecule has 0 aliphatic rings. The van der Waals surface area contributed by atoms with Gasteiger partial charge in [0.05, 0.1) is 16.4 Å². The molecule has 2 aromatic carbocycles. The second-order valence-electron chi connectivity index (χ2n) is 10.0. The molecule has 2 rings (SSSR count). The highest BCUT2D eigenvalue weighted by Gasteiger charge is 2.51. The zero-order valence-corrected chi connectivity index (χ0v) is 23.7. The zero-order valence-electron chi connectivity index (χ0n) is 22.1. The quantitative estimate of drug-likeness (QED) is 0.367. The molecule has 0 radical (unpaired) electrons. The molecule has 0 aliphatic carbocycles. The minimum atomic E-state index is -4.21. The molecule has 2 aromatic rings. The Balaban J connectivity index is 2.61. The molecule has 37 heavy (non-hydrogen) atoms. The molecule has 3 N–H and O–H groups in total. The summed E-state index contributed by atoms with van der Waals surface area (Å²) in [5.74, 6) is -2.16. The maximum atomic E-state index is 13.5. The highest BCUT2D eigenvalue weighted by atomic mass is 32.2. The van der Waals surface area contributed by atoms with Gasteiger partial charge in [-0.2, -0.15) is 4.31 Å². The van der Waals surface area contributed by atoms with Crippen molar-refractivity contribution in [1.29, 1.82) is 0 Å². The lowest BCUT2D eigenvalue weighted by Gasteiger charge is -2.40. The summed E-state index contributed by atoms with van der Waals surface area (Å²) in [6.07, 6.45) is -0.361. The van der Waals surface area contributed by atoms with Crippen LogP contribution in [-0.4, -0.2) is 74.5 Å². The SMILES string of the molecule is CC(C)CN(CC[C@](O)(Cc1ccccc1)C(C(C)C(N)=O)S(=O)(=O)N(C)C)S(=O)(=O)c1ccccc1. The maximum absolute atomic E-state index is 13.5. The van der Waals surface area contributed by atoms with E-state index in [4.69, 9.17) is 5.73 Å². The Labute approximate surface area is 221 Å². The lowest BCUT2D eigenvalue weighted by atomic mass is 9.82. The van der Waals surface area contributed by atoms with Crippen molar-refractivity contribution in [3.63, 3.8) is 0 Å². The molecule has 3 atom stereocenters. The topological polar surface area (TPSA) is 138 Å². The number of amides is 1. The van der Waals surface area contributed by atoms with Crippen LogP contribution in [0.5, 0.6) is 0 Å². The first-order chi connectivity index (χ1) is 17.1. The second-order valence-corrected chi connectivity index (χ2v) is 14.2. The molecule has 0 bridgehead atoms. The summed E-state index contributed by atoms with van der Waals surface area (Å²) in [6.45, 7) is 5.12. The van der Waals surface area contributed by atoms with Crippen LogP contribution in [0.4, 0.5) is 0 Å².